The topological polar surface area (TPSA) is 86.1 Å². The molecule has 0 aliphatic carbocycles. The van der Waals surface area contributed by atoms with E-state index in [-0.39, 0.29) is 30.4 Å². The number of benzene rings is 3. The molecule has 1 aliphatic heterocycles. The third kappa shape index (κ3) is 5.40. The minimum absolute atomic E-state index is 0.0312. The highest BCUT2D eigenvalue weighted by molar-refractivity contribution is 8.26. The molecular formula is C27H18FNO6S3. The van der Waals surface area contributed by atoms with Gasteiger partial charge in [-0.05, 0) is 53.6 Å². The summed E-state index contributed by atoms with van der Waals surface area (Å²) in [6, 6.07) is 16.0. The number of carbonyl (C=O) groups is 2. The summed E-state index contributed by atoms with van der Waals surface area (Å²) in [5, 5.41) is 0. The number of thiocarbonyl (C=S) groups is 1. The van der Waals surface area contributed by atoms with Gasteiger partial charge in [-0.2, -0.15) is 0 Å². The summed E-state index contributed by atoms with van der Waals surface area (Å²) < 4.78 is 30.2. The van der Waals surface area contributed by atoms with E-state index >= 15 is 0 Å². The molecule has 0 spiro atoms. The molecule has 2 heterocycles. The smallest absolute Gasteiger partial charge is 0.396 e. The molecule has 192 valence electrons. The van der Waals surface area contributed by atoms with Crippen molar-refractivity contribution in [2.45, 2.75) is 6.42 Å². The Morgan fingerprint density at radius 3 is 2.53 bits per heavy atom. The quantitative estimate of drug-likeness (QED) is 0.119. The van der Waals surface area contributed by atoms with E-state index in [0.29, 0.717) is 41.9 Å². The molecule has 7 nitrogen and oxygen atoms in total. The van der Waals surface area contributed by atoms with E-state index < -0.39 is 10.9 Å². The van der Waals surface area contributed by atoms with Crippen molar-refractivity contribution in [3.8, 4) is 22.6 Å². The first-order chi connectivity index (χ1) is 18.3. The van der Waals surface area contributed by atoms with E-state index in [2.05, 4.69) is 0 Å². The van der Waals surface area contributed by atoms with Crippen LogP contribution < -0.4 is 14.4 Å². The van der Waals surface area contributed by atoms with E-state index in [1.165, 1.54) is 17.0 Å². The molecule has 1 fully saturated rings. The van der Waals surface area contributed by atoms with Crippen LogP contribution in [0.15, 0.2) is 74.8 Å². The van der Waals surface area contributed by atoms with Gasteiger partial charge in [-0.25, -0.2) is 9.18 Å². The Morgan fingerprint density at radius 1 is 1.08 bits per heavy atom. The lowest BCUT2D eigenvalue weighted by Gasteiger charge is -2.15. The predicted octanol–water partition coefficient (Wildman–Crippen LogP) is 5.87. The summed E-state index contributed by atoms with van der Waals surface area (Å²) in [6.45, 7) is 0.0312. The van der Waals surface area contributed by atoms with Crippen LogP contribution in [0.5, 0.6) is 11.5 Å². The van der Waals surface area contributed by atoms with Gasteiger partial charge in [0.05, 0.1) is 23.1 Å². The lowest BCUT2D eigenvalue weighted by molar-refractivity contribution is -0.134. The molecule has 1 aliphatic rings. The molecule has 1 aromatic heterocycles. The minimum Gasteiger partial charge on any atom is -0.497 e. The molecule has 0 radical (unpaired) electrons. The Morgan fingerprint density at radius 2 is 1.82 bits per heavy atom. The Labute approximate surface area is 229 Å². The molecule has 0 saturated carbocycles. The van der Waals surface area contributed by atoms with E-state index in [4.69, 9.17) is 26.1 Å². The van der Waals surface area contributed by atoms with Gasteiger partial charge < -0.3 is 13.9 Å². The van der Waals surface area contributed by atoms with Gasteiger partial charge in [-0.3, -0.25) is 14.5 Å². The monoisotopic (exact) mass is 567 g/mol. The third-order valence-electron chi connectivity index (χ3n) is 5.65. The zero-order valence-corrected chi connectivity index (χ0v) is 22.2. The van der Waals surface area contributed by atoms with Crippen molar-refractivity contribution < 1.29 is 27.9 Å². The summed E-state index contributed by atoms with van der Waals surface area (Å²) in [7, 11) is 1.56. The van der Waals surface area contributed by atoms with Crippen LogP contribution in [0.25, 0.3) is 27.5 Å². The van der Waals surface area contributed by atoms with E-state index in [1.807, 2.05) is 0 Å². The highest BCUT2D eigenvalue weighted by Crippen LogP contribution is 2.39. The van der Waals surface area contributed by atoms with Gasteiger partial charge in [0, 0.05) is 12.1 Å². The summed E-state index contributed by atoms with van der Waals surface area (Å²) in [4.78, 5) is 38.9. The molecular weight excluding hydrogens is 549 g/mol. The Hall–Kier alpha value is -3.80. The van der Waals surface area contributed by atoms with E-state index in [1.54, 1.807) is 61.7 Å². The number of carbonyl (C=O) groups excluding carboxylic acids is 2. The van der Waals surface area contributed by atoms with Crippen molar-refractivity contribution in [2.24, 2.45) is 0 Å². The number of hydrogen-bond donors (Lipinski definition) is 0. The molecule has 0 bridgehead atoms. The number of hydrogen-bond acceptors (Lipinski definition) is 9. The Kier molecular flexibility index (Phi) is 7.41. The highest BCUT2D eigenvalue weighted by Gasteiger charge is 2.32. The van der Waals surface area contributed by atoms with Crippen molar-refractivity contribution in [2.75, 3.05) is 13.7 Å². The first kappa shape index (κ1) is 25.8. The van der Waals surface area contributed by atoms with Gasteiger partial charge >= 0.3 is 10.9 Å². The second kappa shape index (κ2) is 10.9. The molecule has 3 aromatic carbocycles. The molecule has 1 amide bonds. The van der Waals surface area contributed by atoms with Gasteiger partial charge in [0.2, 0.25) is 0 Å². The summed E-state index contributed by atoms with van der Waals surface area (Å²) in [5.74, 6) is -0.375. The van der Waals surface area contributed by atoms with E-state index in [0.717, 1.165) is 23.1 Å². The standard InChI is InChI=1S/C27H18FNO6S3/c1-33-18-8-4-16(5-9-18)23-19(10-11-20-24(23)38-27(32)35-20)34-22(30)12-13-29-25(31)21(37-26(29)36)14-15-2-6-17(28)7-3-15/h2-11,14H,12-13H2,1H3/b21-14+. The van der Waals surface area contributed by atoms with Crippen molar-refractivity contribution in [3.05, 3.63) is 86.7 Å². The van der Waals surface area contributed by atoms with Crippen molar-refractivity contribution in [1.82, 2.24) is 4.90 Å². The molecule has 11 heteroatoms. The fourth-order valence-electron chi connectivity index (χ4n) is 3.82. The van der Waals surface area contributed by atoms with Crippen LogP contribution in [0, 0.1) is 5.82 Å². The Balaban J connectivity index is 1.33. The van der Waals surface area contributed by atoms with Gasteiger partial charge in [0.25, 0.3) is 5.91 Å². The third-order valence-corrected chi connectivity index (χ3v) is 7.88. The molecule has 4 aromatic rings. The van der Waals surface area contributed by atoms with E-state index in [9.17, 15) is 18.8 Å². The zero-order chi connectivity index (χ0) is 26.8. The van der Waals surface area contributed by atoms with Crippen LogP contribution in [0.1, 0.15) is 12.0 Å². The zero-order valence-electron chi connectivity index (χ0n) is 19.8. The van der Waals surface area contributed by atoms with Crippen LogP contribution in [-0.4, -0.2) is 34.8 Å². The lowest BCUT2D eigenvalue weighted by Crippen LogP contribution is -2.31. The fraction of sp³-hybridized carbons (Fsp3) is 0.111. The number of rotatable bonds is 7. The first-order valence-electron chi connectivity index (χ1n) is 11.2. The number of esters is 1. The maximum Gasteiger partial charge on any atom is 0.396 e. The number of fused-ring (bicyclic) bond motifs is 1. The number of amides is 1. The predicted molar refractivity (Wildman–Crippen MR) is 149 cm³/mol. The van der Waals surface area contributed by atoms with Gasteiger partial charge in [0.15, 0.2) is 0 Å². The molecule has 1 saturated heterocycles. The molecule has 5 rings (SSSR count). The number of halogens is 1. The normalized spacial score (nSPS) is 14.5. The highest BCUT2D eigenvalue weighted by atomic mass is 32.2. The van der Waals surface area contributed by atoms with Gasteiger partial charge in [0.1, 0.15) is 27.2 Å². The second-order valence-electron chi connectivity index (χ2n) is 8.06. The minimum atomic E-state index is -0.577. The van der Waals surface area contributed by atoms with Crippen LogP contribution in [0.2, 0.25) is 0 Å². The maximum absolute atomic E-state index is 13.2. The molecule has 0 atom stereocenters. The molecule has 0 N–H and O–H groups in total. The second-order valence-corrected chi connectivity index (χ2v) is 10.7. The van der Waals surface area contributed by atoms with Crippen LogP contribution in [-0.2, 0) is 9.59 Å². The molecule has 0 unspecified atom stereocenters. The van der Waals surface area contributed by atoms with Gasteiger partial charge in [-0.15, -0.1) is 0 Å². The largest absolute Gasteiger partial charge is 0.497 e. The fourth-order valence-corrected chi connectivity index (χ4v) is 5.95. The number of methoxy groups -OCH3 is 1. The number of nitrogens with zero attached hydrogens (tertiary/aromatic N) is 1. The van der Waals surface area contributed by atoms with Crippen LogP contribution in [0.3, 0.4) is 0 Å². The Bertz CT molecular complexity index is 1640. The van der Waals surface area contributed by atoms with Gasteiger partial charge in [-0.1, -0.05) is 59.6 Å². The summed E-state index contributed by atoms with van der Waals surface area (Å²) >= 11 is 7.37. The lowest BCUT2D eigenvalue weighted by atomic mass is 10.0. The SMILES string of the molecule is COc1ccc(-c2c(OC(=O)CCN3C(=O)/C(=C\c4ccc(F)cc4)SC3=S)ccc3oc(=O)sc23)cc1. The maximum atomic E-state index is 13.2. The van der Waals surface area contributed by atoms with Crippen molar-refractivity contribution in [1.29, 1.82) is 0 Å². The summed E-state index contributed by atoms with van der Waals surface area (Å²) in [5.41, 5.74) is 2.30. The number of ether oxygens (including phenoxy) is 2. The first-order valence-corrected chi connectivity index (χ1v) is 13.3. The average Bonchev–Trinajstić information content (AvgIpc) is 3.41. The summed E-state index contributed by atoms with van der Waals surface area (Å²) in [6.07, 6.45) is 1.52. The van der Waals surface area contributed by atoms with Crippen molar-refractivity contribution in [3.63, 3.8) is 0 Å². The number of thioether (sulfide) groups is 1. The van der Waals surface area contributed by atoms with Crippen LogP contribution in [0.4, 0.5) is 4.39 Å². The van der Waals surface area contributed by atoms with Crippen molar-refractivity contribution >= 4 is 67.9 Å². The average molecular weight is 568 g/mol. The van der Waals surface area contributed by atoms with Crippen LogP contribution >= 0.6 is 35.3 Å². The molecule has 38 heavy (non-hydrogen) atoms.